The highest BCUT2D eigenvalue weighted by Crippen LogP contribution is 2.22. The summed E-state index contributed by atoms with van der Waals surface area (Å²) in [6.07, 6.45) is 0.926. The van der Waals surface area contributed by atoms with Gasteiger partial charge >= 0.3 is 0 Å². The van der Waals surface area contributed by atoms with Crippen LogP contribution < -0.4 is 20.3 Å². The molecule has 0 aliphatic carbocycles. The van der Waals surface area contributed by atoms with Gasteiger partial charge < -0.3 is 14.8 Å². The van der Waals surface area contributed by atoms with E-state index in [1.165, 1.54) is 16.8 Å². The van der Waals surface area contributed by atoms with Crippen molar-refractivity contribution in [3.8, 4) is 11.5 Å². The fourth-order valence-corrected chi connectivity index (χ4v) is 2.77. The van der Waals surface area contributed by atoms with Crippen LogP contribution in [-0.2, 0) is 6.54 Å². The molecule has 7 nitrogen and oxygen atoms in total. The molecule has 1 N–H and O–H groups in total. The molecular formula is C23H25N3O4. The molecule has 7 heteroatoms. The van der Waals surface area contributed by atoms with Crippen molar-refractivity contribution in [1.29, 1.82) is 0 Å². The Morgan fingerprint density at radius 2 is 1.77 bits per heavy atom. The maximum absolute atomic E-state index is 12.6. The second-order valence-corrected chi connectivity index (χ2v) is 6.72. The summed E-state index contributed by atoms with van der Waals surface area (Å²) in [7, 11) is 0. The molecule has 0 saturated heterocycles. The first-order chi connectivity index (χ1) is 14.6. The molecule has 0 fully saturated rings. The second-order valence-electron chi connectivity index (χ2n) is 6.72. The normalized spacial score (nSPS) is 10.5. The summed E-state index contributed by atoms with van der Waals surface area (Å²) in [5, 5.41) is 7.01. The lowest BCUT2D eigenvalue weighted by Crippen LogP contribution is -2.28. The molecule has 156 valence electrons. The number of nitrogens with one attached hydrogen (secondary N) is 1. The molecule has 30 heavy (non-hydrogen) atoms. The SMILES string of the molecule is CCCOc1ccc(NC(=O)c2ccc(=O)n(CCOc3ccccc3)n2)c(C)c1. The molecule has 1 aromatic heterocycles. The molecule has 0 saturated carbocycles. The second kappa shape index (κ2) is 10.2. The van der Waals surface area contributed by atoms with Crippen LogP contribution in [0.5, 0.6) is 11.5 Å². The number of ether oxygens (including phenoxy) is 2. The van der Waals surface area contributed by atoms with E-state index in [0.717, 1.165) is 17.7 Å². The third-order valence-corrected chi connectivity index (χ3v) is 4.33. The Morgan fingerprint density at radius 3 is 2.50 bits per heavy atom. The van der Waals surface area contributed by atoms with Gasteiger partial charge in [-0.05, 0) is 55.3 Å². The first-order valence-electron chi connectivity index (χ1n) is 9.87. The minimum Gasteiger partial charge on any atom is -0.494 e. The Morgan fingerprint density at radius 1 is 1.00 bits per heavy atom. The molecule has 3 aromatic rings. The third-order valence-electron chi connectivity index (χ3n) is 4.33. The van der Waals surface area contributed by atoms with Crippen LogP contribution in [0.2, 0.25) is 0 Å². The molecule has 1 heterocycles. The van der Waals surface area contributed by atoms with Crippen LogP contribution in [0.25, 0.3) is 0 Å². The number of carbonyl (C=O) groups is 1. The number of rotatable bonds is 9. The van der Waals surface area contributed by atoms with Crippen molar-refractivity contribution in [1.82, 2.24) is 9.78 Å². The molecule has 0 unspecified atom stereocenters. The van der Waals surface area contributed by atoms with E-state index in [9.17, 15) is 9.59 Å². The van der Waals surface area contributed by atoms with E-state index in [0.29, 0.717) is 18.0 Å². The molecule has 2 aromatic carbocycles. The average Bonchev–Trinajstić information content (AvgIpc) is 2.76. The Labute approximate surface area is 175 Å². The standard InChI is InChI=1S/C23H25N3O4/c1-3-14-29-19-9-10-20(17(2)16-19)24-23(28)21-11-12-22(27)26(25-21)13-15-30-18-7-5-4-6-8-18/h4-12,16H,3,13-15H2,1-2H3,(H,24,28). The van der Waals surface area contributed by atoms with E-state index in [1.807, 2.05) is 56.3 Å². The van der Waals surface area contributed by atoms with Gasteiger partial charge in [0.05, 0.1) is 13.2 Å². The van der Waals surface area contributed by atoms with Crippen LogP contribution >= 0.6 is 0 Å². The summed E-state index contributed by atoms with van der Waals surface area (Å²) in [6.45, 7) is 5.08. The number of para-hydroxylation sites is 1. The molecule has 0 atom stereocenters. The fourth-order valence-electron chi connectivity index (χ4n) is 2.77. The number of amides is 1. The van der Waals surface area contributed by atoms with Gasteiger partial charge in [-0.15, -0.1) is 0 Å². The van der Waals surface area contributed by atoms with E-state index < -0.39 is 5.91 Å². The van der Waals surface area contributed by atoms with Gasteiger partial charge in [0.1, 0.15) is 23.8 Å². The number of hydrogen-bond acceptors (Lipinski definition) is 5. The van der Waals surface area contributed by atoms with Gasteiger partial charge in [0.15, 0.2) is 0 Å². The van der Waals surface area contributed by atoms with Crippen molar-refractivity contribution in [2.24, 2.45) is 0 Å². The lowest BCUT2D eigenvalue weighted by molar-refractivity contribution is 0.101. The maximum atomic E-state index is 12.6. The summed E-state index contributed by atoms with van der Waals surface area (Å²) in [5.41, 5.74) is 1.40. The van der Waals surface area contributed by atoms with Gasteiger partial charge in [-0.1, -0.05) is 25.1 Å². The Kier molecular flexibility index (Phi) is 7.21. The van der Waals surface area contributed by atoms with E-state index in [1.54, 1.807) is 6.07 Å². The molecule has 0 bridgehead atoms. The number of nitrogens with zero attached hydrogens (tertiary/aromatic N) is 2. The Bertz CT molecular complexity index is 1050. The predicted molar refractivity (Wildman–Crippen MR) is 115 cm³/mol. The van der Waals surface area contributed by atoms with E-state index in [-0.39, 0.29) is 24.4 Å². The van der Waals surface area contributed by atoms with Gasteiger partial charge in [0.2, 0.25) is 0 Å². The highest BCUT2D eigenvalue weighted by molar-refractivity contribution is 6.03. The fraction of sp³-hybridized carbons (Fsp3) is 0.261. The summed E-state index contributed by atoms with van der Waals surface area (Å²) in [4.78, 5) is 24.7. The number of anilines is 1. The van der Waals surface area contributed by atoms with Crippen LogP contribution in [0.15, 0.2) is 65.5 Å². The zero-order chi connectivity index (χ0) is 21.3. The van der Waals surface area contributed by atoms with E-state index in [2.05, 4.69) is 10.4 Å². The molecule has 1 amide bonds. The molecule has 3 rings (SSSR count). The molecule has 0 aliphatic rings. The summed E-state index contributed by atoms with van der Waals surface area (Å²) in [6, 6.07) is 17.5. The smallest absolute Gasteiger partial charge is 0.276 e. The quantitative estimate of drug-likeness (QED) is 0.585. The lowest BCUT2D eigenvalue weighted by Gasteiger charge is -2.12. The van der Waals surface area contributed by atoms with Crippen molar-refractivity contribution in [2.75, 3.05) is 18.5 Å². The Balaban J connectivity index is 1.64. The number of aryl methyl sites for hydroxylation is 1. The summed E-state index contributed by atoms with van der Waals surface area (Å²) >= 11 is 0. The molecule has 0 spiro atoms. The van der Waals surface area contributed by atoms with Crippen molar-refractivity contribution < 1.29 is 14.3 Å². The molecular weight excluding hydrogens is 382 g/mol. The van der Waals surface area contributed by atoms with Crippen molar-refractivity contribution in [3.05, 3.63) is 82.3 Å². The van der Waals surface area contributed by atoms with Crippen molar-refractivity contribution in [2.45, 2.75) is 26.8 Å². The van der Waals surface area contributed by atoms with E-state index in [4.69, 9.17) is 9.47 Å². The summed E-state index contributed by atoms with van der Waals surface area (Å²) in [5.74, 6) is 1.08. The zero-order valence-electron chi connectivity index (χ0n) is 17.1. The average molecular weight is 407 g/mol. The van der Waals surface area contributed by atoms with Crippen LogP contribution in [0.4, 0.5) is 5.69 Å². The van der Waals surface area contributed by atoms with E-state index >= 15 is 0 Å². The van der Waals surface area contributed by atoms with Crippen LogP contribution in [-0.4, -0.2) is 28.9 Å². The van der Waals surface area contributed by atoms with Gasteiger partial charge in [0.25, 0.3) is 11.5 Å². The highest BCUT2D eigenvalue weighted by Gasteiger charge is 2.12. The van der Waals surface area contributed by atoms with Gasteiger partial charge in [0, 0.05) is 11.8 Å². The van der Waals surface area contributed by atoms with Gasteiger partial charge in [-0.3, -0.25) is 9.59 Å². The maximum Gasteiger partial charge on any atom is 0.276 e. The van der Waals surface area contributed by atoms with Crippen LogP contribution in [0, 0.1) is 6.92 Å². The number of benzene rings is 2. The first-order valence-corrected chi connectivity index (χ1v) is 9.87. The van der Waals surface area contributed by atoms with Crippen molar-refractivity contribution >= 4 is 11.6 Å². The van der Waals surface area contributed by atoms with Gasteiger partial charge in [-0.25, -0.2) is 4.68 Å². The predicted octanol–water partition coefficient (Wildman–Crippen LogP) is 3.67. The number of hydrogen-bond donors (Lipinski definition) is 1. The number of carbonyl (C=O) groups excluding carboxylic acids is 1. The zero-order valence-corrected chi connectivity index (χ0v) is 17.1. The third kappa shape index (κ3) is 5.70. The highest BCUT2D eigenvalue weighted by atomic mass is 16.5. The number of aromatic nitrogens is 2. The topological polar surface area (TPSA) is 82.5 Å². The lowest BCUT2D eigenvalue weighted by atomic mass is 10.2. The monoisotopic (exact) mass is 407 g/mol. The minimum atomic E-state index is -0.391. The molecule has 0 radical (unpaired) electrons. The largest absolute Gasteiger partial charge is 0.494 e. The molecule has 0 aliphatic heterocycles. The van der Waals surface area contributed by atoms with Crippen molar-refractivity contribution in [3.63, 3.8) is 0 Å². The summed E-state index contributed by atoms with van der Waals surface area (Å²) < 4.78 is 12.4. The Hall–Kier alpha value is -3.61. The first kappa shape index (κ1) is 21.1. The van der Waals surface area contributed by atoms with Crippen LogP contribution in [0.1, 0.15) is 29.4 Å². The van der Waals surface area contributed by atoms with Crippen LogP contribution in [0.3, 0.4) is 0 Å². The van der Waals surface area contributed by atoms with Gasteiger partial charge in [-0.2, -0.15) is 5.10 Å². The minimum absolute atomic E-state index is 0.153.